The topological polar surface area (TPSA) is 125 Å². The van der Waals surface area contributed by atoms with Gasteiger partial charge in [0.15, 0.2) is 5.79 Å². The number of carbonyl (C=O) groups excluding carboxylic acids is 2. The second kappa shape index (κ2) is 15.8. The molecule has 1 aliphatic heterocycles. The van der Waals surface area contributed by atoms with Crippen molar-refractivity contribution in [1.29, 1.82) is 0 Å². The van der Waals surface area contributed by atoms with Crippen LogP contribution in [0.3, 0.4) is 0 Å². The smallest absolute Gasteiger partial charge is 0.323 e. The molecule has 0 bridgehead atoms. The molecule has 1 aromatic heterocycles. The quantitative estimate of drug-likeness (QED) is 0.140. The molecule has 2 atom stereocenters. The summed E-state index contributed by atoms with van der Waals surface area (Å²) < 4.78 is 79.7. The zero-order valence-electron chi connectivity index (χ0n) is 31.0. The van der Waals surface area contributed by atoms with Gasteiger partial charge in [-0.3, -0.25) is 14.3 Å². The van der Waals surface area contributed by atoms with Crippen LogP contribution < -0.4 is 9.44 Å². The van der Waals surface area contributed by atoms with E-state index >= 15 is 0 Å². The summed E-state index contributed by atoms with van der Waals surface area (Å²) in [5.74, 6) is -3.61. The van der Waals surface area contributed by atoms with Gasteiger partial charge in [-0.15, -0.1) is 0 Å². The van der Waals surface area contributed by atoms with E-state index in [2.05, 4.69) is 9.44 Å². The highest BCUT2D eigenvalue weighted by atomic mass is 32.2. The predicted molar refractivity (Wildman–Crippen MR) is 199 cm³/mol. The second-order valence-corrected chi connectivity index (χ2v) is 16.3. The van der Waals surface area contributed by atoms with E-state index in [-0.39, 0.29) is 36.1 Å². The average molecular weight is 752 g/mol. The van der Waals surface area contributed by atoms with E-state index in [0.29, 0.717) is 40.9 Å². The first kappa shape index (κ1) is 39.6. The van der Waals surface area contributed by atoms with Crippen LogP contribution in [0.25, 0.3) is 22.4 Å². The van der Waals surface area contributed by atoms with Crippen molar-refractivity contribution < 1.29 is 41.0 Å². The van der Waals surface area contributed by atoms with Gasteiger partial charge in [-0.25, -0.2) is 13.5 Å². The van der Waals surface area contributed by atoms with Crippen molar-refractivity contribution in [1.82, 2.24) is 9.29 Å². The maximum Gasteiger partial charge on any atom is 0.323 e. The van der Waals surface area contributed by atoms with Crippen molar-refractivity contribution in [3.8, 4) is 22.4 Å². The first-order valence-electron chi connectivity index (χ1n) is 17.6. The summed E-state index contributed by atoms with van der Waals surface area (Å²) in [5.41, 5.74) is 2.04. The van der Waals surface area contributed by atoms with Crippen LogP contribution in [0.4, 0.5) is 14.5 Å². The number of esters is 1. The van der Waals surface area contributed by atoms with Gasteiger partial charge in [-0.1, -0.05) is 44.2 Å². The highest BCUT2D eigenvalue weighted by Gasteiger charge is 2.38. The van der Waals surface area contributed by atoms with E-state index < -0.39 is 51.3 Å². The summed E-state index contributed by atoms with van der Waals surface area (Å²) in [7, 11) is -4.41. The molecule has 0 spiro atoms. The van der Waals surface area contributed by atoms with Crippen LogP contribution >= 0.6 is 0 Å². The third-order valence-corrected chi connectivity index (χ3v) is 9.46. The molecule has 0 saturated carbocycles. The Hall–Kier alpha value is -4.59. The van der Waals surface area contributed by atoms with Crippen molar-refractivity contribution in [3.05, 3.63) is 102 Å². The highest BCUT2D eigenvalue weighted by molar-refractivity contribution is 7.91. The Balaban J connectivity index is 1.61. The lowest BCUT2D eigenvalue weighted by Gasteiger charge is -2.41. The maximum absolute atomic E-state index is 14.4. The molecular formula is C40H47F2N3O7S. The van der Waals surface area contributed by atoms with E-state index in [0.717, 1.165) is 0 Å². The number of nitrogens with zero attached hydrogens (tertiary/aromatic N) is 1. The Morgan fingerprint density at radius 3 is 2.04 bits per heavy atom. The van der Waals surface area contributed by atoms with Crippen LogP contribution in [0.1, 0.15) is 89.7 Å². The maximum atomic E-state index is 14.4. The molecule has 1 amide bonds. The summed E-state index contributed by atoms with van der Waals surface area (Å²) in [5, 5.41) is 0. The van der Waals surface area contributed by atoms with Crippen molar-refractivity contribution in [3.63, 3.8) is 0 Å². The summed E-state index contributed by atoms with van der Waals surface area (Å²) in [6, 6.07) is 19.5. The molecule has 10 nitrogen and oxygen atoms in total. The van der Waals surface area contributed by atoms with Crippen molar-refractivity contribution in [2.45, 2.75) is 104 Å². The molecule has 2 N–H and O–H groups in total. The van der Waals surface area contributed by atoms with Crippen LogP contribution in [0.2, 0.25) is 0 Å². The number of aromatic nitrogens is 1. The molecule has 1 fully saturated rings. The number of nitrogens with one attached hydrogen (secondary N) is 2. The Morgan fingerprint density at radius 1 is 0.906 bits per heavy atom. The van der Waals surface area contributed by atoms with Gasteiger partial charge in [0.2, 0.25) is 0 Å². The number of ether oxygens (including phenoxy) is 3. The largest absolute Gasteiger partial charge is 0.460 e. The zero-order chi connectivity index (χ0) is 38.7. The number of carbonyl (C=O) groups is 2. The number of halogens is 2. The molecule has 1 aliphatic rings. The molecular weight excluding hydrogens is 705 g/mol. The number of hydrogen-bond donors (Lipinski definition) is 2. The van der Waals surface area contributed by atoms with Gasteiger partial charge >= 0.3 is 16.2 Å². The van der Waals surface area contributed by atoms with Gasteiger partial charge in [-0.05, 0) is 107 Å². The molecule has 284 valence electrons. The molecule has 5 rings (SSSR count). The molecule has 4 aromatic rings. The Kier molecular flexibility index (Phi) is 11.8. The number of anilines is 1. The lowest BCUT2D eigenvalue weighted by molar-refractivity contribution is -0.301. The second-order valence-electron chi connectivity index (χ2n) is 14.9. The molecule has 13 heteroatoms. The van der Waals surface area contributed by atoms with Gasteiger partial charge in [0.25, 0.3) is 5.91 Å². The van der Waals surface area contributed by atoms with Gasteiger partial charge < -0.3 is 18.8 Å². The minimum Gasteiger partial charge on any atom is -0.460 e. The van der Waals surface area contributed by atoms with Crippen molar-refractivity contribution in [2.24, 2.45) is 0 Å². The van der Waals surface area contributed by atoms with Crippen molar-refractivity contribution in [2.75, 3.05) is 4.72 Å². The van der Waals surface area contributed by atoms with E-state index in [1.165, 1.54) is 36.4 Å². The first-order chi connectivity index (χ1) is 24.8. The van der Waals surface area contributed by atoms with Crippen molar-refractivity contribution >= 4 is 27.8 Å². The first-order valence-corrected chi connectivity index (χ1v) is 19.0. The Bertz CT molecular complexity index is 2020. The molecule has 1 saturated heterocycles. The van der Waals surface area contributed by atoms with Gasteiger partial charge in [0.05, 0.1) is 35.6 Å². The summed E-state index contributed by atoms with van der Waals surface area (Å²) in [6.07, 6.45) is -0.0570. The minimum absolute atomic E-state index is 0.0344. The molecule has 2 heterocycles. The summed E-state index contributed by atoms with van der Waals surface area (Å²) >= 11 is 0. The van der Waals surface area contributed by atoms with Crippen LogP contribution in [0.5, 0.6) is 0 Å². The highest BCUT2D eigenvalue weighted by Crippen LogP contribution is 2.43. The van der Waals surface area contributed by atoms with Crippen LogP contribution in [0, 0.1) is 11.6 Å². The molecule has 0 radical (unpaired) electrons. The summed E-state index contributed by atoms with van der Waals surface area (Å²) in [4.78, 5) is 27.1. The fraction of sp³-hybridized carbons (Fsp3) is 0.400. The fourth-order valence-electron chi connectivity index (χ4n) is 6.73. The standard InChI is InChI=1S/C40H47F2N3O7S/c1-25(2)36-35(38(47)44-53(48,49)43-30-11-9-8-10-12-30)34(26-13-17-28(41)18-14-26)37(27-15-19-29(42)20-16-27)45(36)22-21-31-23-32(51-40(6,7)50-31)24-33(46)52-39(3,4)5/h8-20,25,31-32,43H,21-24H2,1-7H3,(H,44,47)/t31-,32-/m1/s1. The number of amides is 1. The van der Waals surface area contributed by atoms with Gasteiger partial charge in [0, 0.05) is 24.2 Å². The Morgan fingerprint density at radius 2 is 1.47 bits per heavy atom. The third kappa shape index (κ3) is 10.3. The van der Waals surface area contributed by atoms with E-state index in [1.807, 2.05) is 18.4 Å². The summed E-state index contributed by atoms with van der Waals surface area (Å²) in [6.45, 7) is 13.0. The third-order valence-electron chi connectivity index (χ3n) is 8.50. The number of hydrogen-bond acceptors (Lipinski definition) is 7. The number of benzene rings is 3. The minimum atomic E-state index is -4.41. The van der Waals surface area contributed by atoms with Crippen LogP contribution in [0.15, 0.2) is 78.9 Å². The van der Waals surface area contributed by atoms with Crippen LogP contribution in [-0.4, -0.2) is 48.5 Å². The van der Waals surface area contributed by atoms with Gasteiger partial charge in [0.1, 0.15) is 17.2 Å². The predicted octanol–water partition coefficient (Wildman–Crippen LogP) is 8.34. The molecule has 3 aromatic carbocycles. The normalized spacial score (nSPS) is 17.4. The lowest BCUT2D eigenvalue weighted by Crippen LogP contribution is -2.46. The van der Waals surface area contributed by atoms with E-state index in [1.54, 1.807) is 77.1 Å². The fourth-order valence-corrected chi connectivity index (χ4v) is 7.57. The molecule has 0 unspecified atom stereocenters. The average Bonchev–Trinajstić information content (AvgIpc) is 3.38. The molecule has 0 aliphatic carbocycles. The number of para-hydroxylation sites is 1. The lowest BCUT2D eigenvalue weighted by atomic mass is 9.94. The van der Waals surface area contributed by atoms with Gasteiger partial charge in [-0.2, -0.15) is 8.42 Å². The number of rotatable bonds is 12. The molecule has 53 heavy (non-hydrogen) atoms. The van der Waals surface area contributed by atoms with E-state index in [4.69, 9.17) is 14.2 Å². The Labute approximate surface area is 310 Å². The van der Waals surface area contributed by atoms with E-state index in [9.17, 15) is 26.8 Å². The van der Waals surface area contributed by atoms with Crippen LogP contribution in [-0.2, 0) is 35.8 Å². The zero-order valence-corrected chi connectivity index (χ0v) is 31.9. The monoisotopic (exact) mass is 751 g/mol. The SMILES string of the molecule is CC(C)c1c(C(=O)NS(=O)(=O)Nc2ccccc2)c(-c2ccc(F)cc2)c(-c2ccc(F)cc2)n1CC[C@@H]1C[C@H](CC(=O)OC(C)(C)C)OC(C)(C)O1.